The molecule has 3 aromatic rings. The van der Waals surface area contributed by atoms with Crippen LogP contribution in [0.3, 0.4) is 0 Å². The van der Waals surface area contributed by atoms with Crippen LogP contribution in [0.4, 0.5) is 11.5 Å². The number of thiazole rings is 1. The fraction of sp³-hybridized carbons (Fsp3) is 0.300. The Morgan fingerprint density at radius 1 is 1.31 bits per heavy atom. The molecule has 1 saturated heterocycles. The zero-order chi connectivity index (χ0) is 20.6. The number of anilines is 2. The van der Waals surface area contributed by atoms with Gasteiger partial charge in [0.15, 0.2) is 0 Å². The zero-order valence-corrected chi connectivity index (χ0v) is 16.9. The van der Waals surface area contributed by atoms with Gasteiger partial charge in [-0.3, -0.25) is 0 Å². The highest BCUT2D eigenvalue weighted by Crippen LogP contribution is 2.34. The molecule has 1 aliphatic rings. The Hall–Kier alpha value is -3.22. The van der Waals surface area contributed by atoms with Crippen molar-refractivity contribution in [3.8, 4) is 33.9 Å². The summed E-state index contributed by atoms with van der Waals surface area (Å²) in [6, 6.07) is 7.33. The van der Waals surface area contributed by atoms with Crippen LogP contribution in [0.1, 0.15) is 18.9 Å². The number of hydrogen-bond donors (Lipinski definition) is 2. The van der Waals surface area contributed by atoms with Crippen molar-refractivity contribution in [3.63, 3.8) is 0 Å². The van der Waals surface area contributed by atoms with E-state index in [0.717, 1.165) is 0 Å². The Morgan fingerprint density at radius 2 is 2.14 bits per heavy atom. The molecule has 148 valence electrons. The second kappa shape index (κ2) is 7.31. The fourth-order valence-corrected chi connectivity index (χ4v) is 3.96. The molecule has 3 N–H and O–H groups in total. The lowest BCUT2D eigenvalue weighted by atomic mass is 10.1. The van der Waals surface area contributed by atoms with E-state index >= 15 is 0 Å². The largest absolute Gasteiger partial charge is 0.497 e. The standard InChI is InChI=1S/C20H20N6O2S/c1-20(27)3-5-26(11-20)17-8-12(28-2)7-15(24-17)18-13(10-21)14(22)9-16(25-18)19-23-4-6-29-19/h4,6-9,27H,3,5,11H2,1-2H3,(H2,22,25)/t20-/m0/s1. The van der Waals surface area contributed by atoms with E-state index in [-0.39, 0.29) is 5.56 Å². The summed E-state index contributed by atoms with van der Waals surface area (Å²) in [5, 5.41) is 22.6. The SMILES string of the molecule is COc1cc(-c2nc(-c3nccs3)cc(N)c2C#N)nc(N2CC[C@](C)(O)C2)c1. The predicted molar refractivity (Wildman–Crippen MR) is 112 cm³/mol. The third-order valence-corrected chi connectivity index (χ3v) is 5.65. The predicted octanol–water partition coefficient (Wildman–Crippen LogP) is 2.69. The molecule has 4 heterocycles. The highest BCUT2D eigenvalue weighted by Gasteiger charge is 2.32. The average molecular weight is 408 g/mol. The molecule has 0 aliphatic carbocycles. The van der Waals surface area contributed by atoms with Gasteiger partial charge >= 0.3 is 0 Å². The maximum absolute atomic E-state index is 10.3. The molecule has 4 rings (SSSR count). The smallest absolute Gasteiger partial charge is 0.141 e. The first-order chi connectivity index (χ1) is 13.9. The van der Waals surface area contributed by atoms with Gasteiger partial charge in [0.1, 0.15) is 39.6 Å². The minimum Gasteiger partial charge on any atom is -0.497 e. The fourth-order valence-electron chi connectivity index (χ4n) is 3.36. The van der Waals surface area contributed by atoms with Crippen LogP contribution in [0.25, 0.3) is 22.1 Å². The highest BCUT2D eigenvalue weighted by atomic mass is 32.1. The van der Waals surface area contributed by atoms with Gasteiger partial charge in [-0.25, -0.2) is 15.0 Å². The summed E-state index contributed by atoms with van der Waals surface area (Å²) in [6.45, 7) is 2.94. The number of methoxy groups -OCH3 is 1. The van der Waals surface area contributed by atoms with Crippen LogP contribution < -0.4 is 15.4 Å². The number of pyridine rings is 2. The molecular formula is C20H20N6O2S. The molecule has 1 fully saturated rings. The normalized spacial score (nSPS) is 18.6. The first-order valence-electron chi connectivity index (χ1n) is 9.04. The lowest BCUT2D eigenvalue weighted by molar-refractivity contribution is 0.0839. The van der Waals surface area contributed by atoms with Crippen LogP contribution in [0.5, 0.6) is 5.75 Å². The van der Waals surface area contributed by atoms with Crippen molar-refractivity contribution in [3.05, 3.63) is 35.3 Å². The summed E-state index contributed by atoms with van der Waals surface area (Å²) in [5.74, 6) is 1.24. The van der Waals surface area contributed by atoms with E-state index in [0.29, 0.717) is 58.9 Å². The topological polar surface area (TPSA) is 121 Å². The number of nitrogens with two attached hydrogens (primary N) is 1. The van der Waals surface area contributed by atoms with Gasteiger partial charge in [0, 0.05) is 36.8 Å². The molecule has 8 nitrogen and oxygen atoms in total. The number of ether oxygens (including phenoxy) is 1. The lowest BCUT2D eigenvalue weighted by Crippen LogP contribution is -2.30. The van der Waals surface area contributed by atoms with Crippen LogP contribution in [-0.4, -0.2) is 45.9 Å². The number of β-amino-alcohol motifs (C(OH)–C–C–N with tert-alkyl or cyclic N) is 1. The molecule has 0 radical (unpaired) electrons. The highest BCUT2D eigenvalue weighted by molar-refractivity contribution is 7.13. The van der Waals surface area contributed by atoms with E-state index in [9.17, 15) is 10.4 Å². The Labute approximate surface area is 172 Å². The van der Waals surface area contributed by atoms with Gasteiger partial charge in [-0.2, -0.15) is 5.26 Å². The average Bonchev–Trinajstić information content (AvgIpc) is 3.36. The van der Waals surface area contributed by atoms with E-state index in [1.807, 2.05) is 23.3 Å². The Bertz CT molecular complexity index is 1090. The minimum atomic E-state index is -0.768. The number of nitrogen functional groups attached to an aromatic ring is 1. The third kappa shape index (κ3) is 3.72. The van der Waals surface area contributed by atoms with E-state index < -0.39 is 5.60 Å². The molecule has 0 bridgehead atoms. The number of hydrogen-bond acceptors (Lipinski definition) is 9. The minimum absolute atomic E-state index is 0.255. The molecule has 0 saturated carbocycles. The van der Waals surface area contributed by atoms with E-state index in [1.165, 1.54) is 11.3 Å². The van der Waals surface area contributed by atoms with Crippen molar-refractivity contribution in [2.75, 3.05) is 30.8 Å². The van der Waals surface area contributed by atoms with Crippen molar-refractivity contribution in [1.82, 2.24) is 15.0 Å². The summed E-state index contributed by atoms with van der Waals surface area (Å²) in [6.07, 6.45) is 2.34. The monoisotopic (exact) mass is 408 g/mol. The van der Waals surface area contributed by atoms with E-state index in [1.54, 1.807) is 25.4 Å². The van der Waals surface area contributed by atoms with Crippen molar-refractivity contribution in [2.24, 2.45) is 0 Å². The van der Waals surface area contributed by atoms with Gasteiger partial charge in [0.2, 0.25) is 0 Å². The number of aliphatic hydroxyl groups is 1. The third-order valence-electron chi connectivity index (χ3n) is 4.85. The molecule has 0 aromatic carbocycles. The second-order valence-electron chi connectivity index (χ2n) is 7.19. The molecule has 1 atom stereocenters. The summed E-state index contributed by atoms with van der Waals surface area (Å²) in [7, 11) is 1.57. The molecule has 3 aromatic heterocycles. The Balaban J connectivity index is 1.86. The van der Waals surface area contributed by atoms with Crippen molar-refractivity contribution in [2.45, 2.75) is 18.9 Å². The van der Waals surface area contributed by atoms with Crippen LogP contribution in [0, 0.1) is 11.3 Å². The number of nitrogens with zero attached hydrogens (tertiary/aromatic N) is 5. The molecule has 0 amide bonds. The first-order valence-corrected chi connectivity index (χ1v) is 9.92. The molecule has 29 heavy (non-hydrogen) atoms. The number of nitriles is 1. The second-order valence-corrected chi connectivity index (χ2v) is 8.08. The van der Waals surface area contributed by atoms with Gasteiger partial charge in [0.25, 0.3) is 0 Å². The quantitative estimate of drug-likeness (QED) is 0.676. The zero-order valence-electron chi connectivity index (χ0n) is 16.1. The molecule has 9 heteroatoms. The van der Waals surface area contributed by atoms with Gasteiger partial charge in [0.05, 0.1) is 24.1 Å². The summed E-state index contributed by atoms with van der Waals surface area (Å²) >= 11 is 1.44. The van der Waals surface area contributed by atoms with Crippen LogP contribution in [-0.2, 0) is 0 Å². The van der Waals surface area contributed by atoms with Crippen molar-refractivity contribution < 1.29 is 9.84 Å². The molecular weight excluding hydrogens is 388 g/mol. The Kier molecular flexibility index (Phi) is 4.82. The van der Waals surface area contributed by atoms with E-state index in [2.05, 4.69) is 16.0 Å². The number of aromatic nitrogens is 3. The van der Waals surface area contributed by atoms with Crippen molar-refractivity contribution >= 4 is 22.8 Å². The molecule has 1 aliphatic heterocycles. The van der Waals surface area contributed by atoms with Crippen LogP contribution in [0.15, 0.2) is 29.8 Å². The molecule has 0 spiro atoms. The van der Waals surface area contributed by atoms with Gasteiger partial charge in [-0.1, -0.05) is 0 Å². The first kappa shape index (κ1) is 19.1. The van der Waals surface area contributed by atoms with Crippen LogP contribution >= 0.6 is 11.3 Å². The van der Waals surface area contributed by atoms with Crippen LogP contribution in [0.2, 0.25) is 0 Å². The van der Waals surface area contributed by atoms with Gasteiger partial charge < -0.3 is 20.5 Å². The Morgan fingerprint density at radius 3 is 2.76 bits per heavy atom. The lowest BCUT2D eigenvalue weighted by Gasteiger charge is -2.21. The van der Waals surface area contributed by atoms with Gasteiger partial charge in [-0.15, -0.1) is 11.3 Å². The summed E-state index contributed by atoms with van der Waals surface area (Å²) < 4.78 is 5.45. The van der Waals surface area contributed by atoms with Crippen molar-refractivity contribution in [1.29, 1.82) is 5.26 Å². The van der Waals surface area contributed by atoms with E-state index in [4.69, 9.17) is 15.5 Å². The maximum Gasteiger partial charge on any atom is 0.141 e. The summed E-state index contributed by atoms with van der Waals surface area (Å²) in [4.78, 5) is 15.6. The number of rotatable bonds is 4. The van der Waals surface area contributed by atoms with Gasteiger partial charge in [-0.05, 0) is 19.4 Å². The maximum atomic E-state index is 10.3. The molecule has 0 unspecified atom stereocenters. The summed E-state index contributed by atoms with van der Waals surface area (Å²) in [5.41, 5.74) is 7.40.